The molecule has 1 rings (SSSR count). The Morgan fingerprint density at radius 1 is 1.19 bits per heavy atom. The van der Waals surface area contributed by atoms with Gasteiger partial charge in [0.1, 0.15) is 0 Å². The molecule has 0 spiro atoms. The fraction of sp³-hybridized carbons (Fsp3) is 0.538. The highest BCUT2D eigenvalue weighted by molar-refractivity contribution is 7.57. The van der Waals surface area contributed by atoms with Crippen LogP contribution in [0, 0.1) is 6.92 Å². The van der Waals surface area contributed by atoms with E-state index in [4.69, 9.17) is 0 Å². The van der Waals surface area contributed by atoms with Crippen molar-refractivity contribution >= 4 is 7.37 Å². The van der Waals surface area contributed by atoms with Crippen molar-refractivity contribution in [1.82, 2.24) is 0 Å². The molecule has 0 radical (unpaired) electrons. The van der Waals surface area contributed by atoms with Crippen LogP contribution in [0.3, 0.4) is 0 Å². The van der Waals surface area contributed by atoms with E-state index in [-0.39, 0.29) is 0 Å². The lowest BCUT2D eigenvalue weighted by molar-refractivity contribution is 0.475. The van der Waals surface area contributed by atoms with Gasteiger partial charge in [-0.2, -0.15) is 0 Å². The number of hydrogen-bond acceptors (Lipinski definition) is 1. The van der Waals surface area contributed by atoms with Crippen molar-refractivity contribution in [3.63, 3.8) is 0 Å². The van der Waals surface area contributed by atoms with Gasteiger partial charge in [0.15, 0.2) is 0 Å². The first-order chi connectivity index (χ1) is 7.53. The van der Waals surface area contributed by atoms with Crippen LogP contribution in [0.1, 0.15) is 30.9 Å². The molecule has 0 bridgehead atoms. The van der Waals surface area contributed by atoms with Gasteiger partial charge in [-0.15, -0.1) is 0 Å². The summed E-state index contributed by atoms with van der Waals surface area (Å²) in [6, 6.07) is 8.16. The topological polar surface area (TPSA) is 37.3 Å². The Balaban J connectivity index is 2.44. The summed E-state index contributed by atoms with van der Waals surface area (Å²) in [5.41, 5.74) is 2.37. The number of rotatable bonds is 6. The first kappa shape index (κ1) is 13.5. The van der Waals surface area contributed by atoms with E-state index in [0.717, 1.165) is 18.4 Å². The molecule has 3 heteroatoms. The fourth-order valence-corrected chi connectivity index (χ4v) is 3.22. The molecular weight excluding hydrogens is 219 g/mol. The molecular formula is C13H21O2P. The van der Waals surface area contributed by atoms with Crippen molar-refractivity contribution in [2.75, 3.05) is 12.3 Å². The Morgan fingerprint density at radius 2 is 1.81 bits per heavy atom. The molecule has 0 saturated carbocycles. The van der Waals surface area contributed by atoms with E-state index in [1.54, 1.807) is 0 Å². The second-order valence-electron chi connectivity index (χ2n) is 4.38. The van der Waals surface area contributed by atoms with Gasteiger partial charge in [-0.05, 0) is 25.3 Å². The van der Waals surface area contributed by atoms with Crippen molar-refractivity contribution in [3.05, 3.63) is 35.4 Å². The van der Waals surface area contributed by atoms with E-state index in [9.17, 15) is 9.46 Å². The summed E-state index contributed by atoms with van der Waals surface area (Å²) in [4.78, 5) is 9.72. The highest BCUT2D eigenvalue weighted by atomic mass is 31.2. The van der Waals surface area contributed by atoms with E-state index in [1.165, 1.54) is 5.56 Å². The lowest BCUT2D eigenvalue weighted by Crippen LogP contribution is -1.98. The van der Waals surface area contributed by atoms with Gasteiger partial charge in [-0.3, -0.25) is 4.57 Å². The van der Waals surface area contributed by atoms with Gasteiger partial charge in [0.05, 0.1) is 0 Å². The highest BCUT2D eigenvalue weighted by Crippen LogP contribution is 2.41. The second-order valence-corrected chi connectivity index (χ2v) is 6.97. The van der Waals surface area contributed by atoms with Crippen LogP contribution in [0.4, 0.5) is 0 Å². The lowest BCUT2D eigenvalue weighted by Gasteiger charge is -2.10. The molecule has 0 aliphatic carbocycles. The maximum absolute atomic E-state index is 11.8. The zero-order valence-corrected chi connectivity index (χ0v) is 11.0. The van der Waals surface area contributed by atoms with Gasteiger partial charge in [-0.1, -0.05) is 43.2 Å². The van der Waals surface area contributed by atoms with Crippen molar-refractivity contribution in [2.45, 2.75) is 33.1 Å². The van der Waals surface area contributed by atoms with Gasteiger partial charge in [0, 0.05) is 12.3 Å². The van der Waals surface area contributed by atoms with Crippen LogP contribution in [0.25, 0.3) is 0 Å². The minimum Gasteiger partial charge on any atom is -0.344 e. The summed E-state index contributed by atoms with van der Waals surface area (Å²) in [6.07, 6.45) is 3.42. The quantitative estimate of drug-likeness (QED) is 0.771. The summed E-state index contributed by atoms with van der Waals surface area (Å²) < 4.78 is 11.8. The van der Waals surface area contributed by atoms with Gasteiger partial charge >= 0.3 is 0 Å². The summed E-state index contributed by atoms with van der Waals surface area (Å²) in [6.45, 7) is 4.09. The molecule has 0 amide bonds. The second kappa shape index (κ2) is 6.22. The van der Waals surface area contributed by atoms with Crippen molar-refractivity contribution in [2.24, 2.45) is 0 Å². The molecule has 0 heterocycles. The van der Waals surface area contributed by atoms with Crippen molar-refractivity contribution in [3.8, 4) is 0 Å². The molecule has 16 heavy (non-hydrogen) atoms. The Hall–Kier alpha value is -0.590. The molecule has 0 saturated heterocycles. The molecule has 0 aromatic heterocycles. The predicted octanol–water partition coefficient (Wildman–Crippen LogP) is 3.61. The molecule has 1 atom stereocenters. The Bertz CT molecular complexity index is 357. The molecule has 1 aromatic carbocycles. The molecule has 90 valence electrons. The normalized spacial score (nSPS) is 14.7. The molecule has 0 aliphatic heterocycles. The van der Waals surface area contributed by atoms with E-state index >= 15 is 0 Å². The summed E-state index contributed by atoms with van der Waals surface area (Å²) in [5.74, 6) is 0. The third-order valence-electron chi connectivity index (χ3n) is 2.73. The maximum atomic E-state index is 11.8. The first-order valence-corrected chi connectivity index (χ1v) is 7.93. The van der Waals surface area contributed by atoms with Gasteiger partial charge in [0.25, 0.3) is 0 Å². The molecule has 1 N–H and O–H groups in total. The van der Waals surface area contributed by atoms with Crippen LogP contribution in [-0.4, -0.2) is 17.2 Å². The van der Waals surface area contributed by atoms with E-state index in [2.05, 4.69) is 0 Å². The summed E-state index contributed by atoms with van der Waals surface area (Å²) in [5, 5.41) is 0. The summed E-state index contributed by atoms with van der Waals surface area (Å²) >= 11 is 0. The average molecular weight is 240 g/mol. The first-order valence-electron chi connectivity index (χ1n) is 5.90. The highest BCUT2D eigenvalue weighted by Gasteiger charge is 2.16. The third kappa shape index (κ3) is 4.96. The number of hydrogen-bond donors (Lipinski definition) is 1. The van der Waals surface area contributed by atoms with Gasteiger partial charge in [-0.25, -0.2) is 0 Å². The Morgan fingerprint density at radius 3 is 2.38 bits per heavy atom. The fourth-order valence-electron chi connectivity index (χ4n) is 1.58. The van der Waals surface area contributed by atoms with E-state index < -0.39 is 7.37 Å². The van der Waals surface area contributed by atoms with Crippen LogP contribution < -0.4 is 0 Å². The summed E-state index contributed by atoms with van der Waals surface area (Å²) in [7, 11) is -2.89. The third-order valence-corrected chi connectivity index (χ3v) is 4.67. The monoisotopic (exact) mass is 240 g/mol. The van der Waals surface area contributed by atoms with Gasteiger partial charge < -0.3 is 4.89 Å². The van der Waals surface area contributed by atoms with Crippen molar-refractivity contribution in [1.29, 1.82) is 0 Å². The van der Waals surface area contributed by atoms with Crippen LogP contribution in [0.2, 0.25) is 0 Å². The predicted molar refractivity (Wildman–Crippen MR) is 69.4 cm³/mol. The zero-order chi connectivity index (χ0) is 12.0. The minimum absolute atomic E-state index is 0.413. The van der Waals surface area contributed by atoms with Crippen LogP contribution >= 0.6 is 7.37 Å². The zero-order valence-electron chi connectivity index (χ0n) is 10.1. The SMILES string of the molecule is CCCCP(=O)(O)CCc1ccc(C)cc1. The Labute approximate surface area is 98.2 Å². The number of aryl methyl sites for hydroxylation is 2. The van der Waals surface area contributed by atoms with Crippen LogP contribution in [-0.2, 0) is 11.0 Å². The van der Waals surface area contributed by atoms with Crippen LogP contribution in [0.15, 0.2) is 24.3 Å². The smallest absolute Gasteiger partial charge is 0.200 e. The standard InChI is InChI=1S/C13H21O2P/c1-3-4-10-16(14,15)11-9-13-7-5-12(2)6-8-13/h5-8H,3-4,9-11H2,1-2H3,(H,14,15). The largest absolute Gasteiger partial charge is 0.344 e. The number of unbranched alkanes of at least 4 members (excludes halogenated alkanes) is 1. The minimum atomic E-state index is -2.89. The van der Waals surface area contributed by atoms with E-state index in [1.807, 2.05) is 38.1 Å². The van der Waals surface area contributed by atoms with Crippen molar-refractivity contribution < 1.29 is 9.46 Å². The molecule has 2 nitrogen and oxygen atoms in total. The van der Waals surface area contributed by atoms with E-state index in [0.29, 0.717) is 18.7 Å². The van der Waals surface area contributed by atoms with Crippen LogP contribution in [0.5, 0.6) is 0 Å². The molecule has 0 aliphatic rings. The lowest BCUT2D eigenvalue weighted by atomic mass is 10.1. The molecule has 1 aromatic rings. The number of benzene rings is 1. The Kier molecular flexibility index (Phi) is 5.24. The maximum Gasteiger partial charge on any atom is 0.200 e. The van der Waals surface area contributed by atoms with Gasteiger partial charge in [0.2, 0.25) is 7.37 Å². The average Bonchev–Trinajstić information content (AvgIpc) is 2.26. The molecule has 1 unspecified atom stereocenters. The molecule has 0 fully saturated rings.